The Bertz CT molecular complexity index is 905. The Morgan fingerprint density at radius 2 is 1.93 bits per heavy atom. The molecule has 0 radical (unpaired) electrons. The summed E-state index contributed by atoms with van der Waals surface area (Å²) < 4.78 is 10.7. The lowest BCUT2D eigenvalue weighted by atomic mass is 9.95. The summed E-state index contributed by atoms with van der Waals surface area (Å²) in [5.74, 6) is 1.03. The van der Waals surface area contributed by atoms with E-state index in [1.54, 1.807) is 42.5 Å². The van der Waals surface area contributed by atoms with E-state index >= 15 is 0 Å². The summed E-state index contributed by atoms with van der Waals surface area (Å²) in [6.07, 6.45) is 2.80. The number of ether oxygens (including phenoxy) is 2. The van der Waals surface area contributed by atoms with Crippen molar-refractivity contribution in [2.45, 2.75) is 19.8 Å². The Kier molecular flexibility index (Phi) is 7.43. The number of hydrazone groups is 1. The largest absolute Gasteiger partial charge is 0.497 e. The Morgan fingerprint density at radius 1 is 1.17 bits per heavy atom. The van der Waals surface area contributed by atoms with Crippen LogP contribution in [-0.2, 0) is 4.79 Å². The van der Waals surface area contributed by atoms with Gasteiger partial charge in [-0.3, -0.25) is 9.59 Å². The number of para-hydroxylation sites is 1. The molecule has 1 aliphatic heterocycles. The molecule has 0 aromatic heterocycles. The minimum Gasteiger partial charge on any atom is -0.497 e. The number of nitrogens with one attached hydrogen (secondary N) is 1. The first-order valence-electron chi connectivity index (χ1n) is 10.1. The van der Waals surface area contributed by atoms with Crippen LogP contribution in [0.3, 0.4) is 0 Å². The molecule has 0 bridgehead atoms. The number of hydrogen-bond donors (Lipinski definition) is 1. The second-order valence-corrected chi connectivity index (χ2v) is 7.00. The van der Waals surface area contributed by atoms with E-state index in [-0.39, 0.29) is 17.7 Å². The zero-order valence-corrected chi connectivity index (χ0v) is 17.3. The second-order valence-electron chi connectivity index (χ2n) is 7.00. The molecule has 1 saturated heterocycles. The molecule has 0 saturated carbocycles. The average molecular weight is 409 g/mol. The SMILES string of the molecule is CCOc1ccccc1/C=N\NC(=O)C1CCN(C(=O)c2cccc(OC)c2)CC1. The van der Waals surface area contributed by atoms with E-state index in [9.17, 15) is 9.59 Å². The predicted octanol–water partition coefficient (Wildman–Crippen LogP) is 3.10. The van der Waals surface area contributed by atoms with Gasteiger partial charge in [0, 0.05) is 30.1 Å². The van der Waals surface area contributed by atoms with Gasteiger partial charge in [-0.2, -0.15) is 5.10 Å². The highest BCUT2D eigenvalue weighted by Crippen LogP contribution is 2.21. The van der Waals surface area contributed by atoms with Gasteiger partial charge in [0.05, 0.1) is 19.9 Å². The van der Waals surface area contributed by atoms with Crippen molar-refractivity contribution in [2.75, 3.05) is 26.8 Å². The number of likely N-dealkylation sites (tertiary alicyclic amines) is 1. The number of methoxy groups -OCH3 is 1. The molecule has 0 aliphatic carbocycles. The van der Waals surface area contributed by atoms with Crippen LogP contribution in [0.5, 0.6) is 11.5 Å². The zero-order valence-electron chi connectivity index (χ0n) is 17.3. The summed E-state index contributed by atoms with van der Waals surface area (Å²) in [5, 5.41) is 4.08. The van der Waals surface area contributed by atoms with Crippen molar-refractivity contribution in [2.24, 2.45) is 11.0 Å². The number of nitrogens with zero attached hydrogens (tertiary/aromatic N) is 2. The lowest BCUT2D eigenvalue weighted by Crippen LogP contribution is -2.42. The van der Waals surface area contributed by atoms with Crippen LogP contribution in [0.1, 0.15) is 35.7 Å². The van der Waals surface area contributed by atoms with Gasteiger partial charge in [0.15, 0.2) is 0 Å². The third-order valence-electron chi connectivity index (χ3n) is 5.07. The molecular weight excluding hydrogens is 382 g/mol. The highest BCUT2D eigenvalue weighted by atomic mass is 16.5. The molecule has 0 spiro atoms. The molecule has 0 unspecified atom stereocenters. The molecule has 3 rings (SSSR count). The summed E-state index contributed by atoms with van der Waals surface area (Å²) in [6.45, 7) is 3.54. The topological polar surface area (TPSA) is 80.2 Å². The molecule has 1 aliphatic rings. The van der Waals surface area contributed by atoms with Gasteiger partial charge >= 0.3 is 0 Å². The maximum atomic E-state index is 12.7. The van der Waals surface area contributed by atoms with Crippen LogP contribution in [-0.4, -0.2) is 49.7 Å². The van der Waals surface area contributed by atoms with Crippen molar-refractivity contribution >= 4 is 18.0 Å². The van der Waals surface area contributed by atoms with Crippen molar-refractivity contribution in [3.05, 3.63) is 59.7 Å². The van der Waals surface area contributed by atoms with E-state index in [0.29, 0.717) is 43.9 Å². The average Bonchev–Trinajstić information content (AvgIpc) is 2.80. The zero-order chi connectivity index (χ0) is 21.3. The monoisotopic (exact) mass is 409 g/mol. The first kappa shape index (κ1) is 21.4. The number of piperidine rings is 1. The van der Waals surface area contributed by atoms with Crippen LogP contribution in [0.15, 0.2) is 53.6 Å². The molecule has 2 amide bonds. The predicted molar refractivity (Wildman–Crippen MR) is 115 cm³/mol. The van der Waals surface area contributed by atoms with E-state index in [2.05, 4.69) is 10.5 Å². The standard InChI is InChI=1S/C23H27N3O4/c1-3-30-21-10-5-4-7-19(21)16-24-25-22(27)17-11-13-26(14-12-17)23(28)18-8-6-9-20(15-18)29-2/h4-10,15-17H,3,11-14H2,1-2H3,(H,25,27)/b24-16-. The highest BCUT2D eigenvalue weighted by Gasteiger charge is 2.27. The first-order valence-corrected chi connectivity index (χ1v) is 10.1. The van der Waals surface area contributed by atoms with Crippen LogP contribution in [0.2, 0.25) is 0 Å². The Hall–Kier alpha value is -3.35. The fourth-order valence-electron chi connectivity index (χ4n) is 3.41. The summed E-state index contributed by atoms with van der Waals surface area (Å²) in [5.41, 5.74) is 4.01. The Balaban J connectivity index is 1.51. The third kappa shape index (κ3) is 5.37. The summed E-state index contributed by atoms with van der Waals surface area (Å²) in [4.78, 5) is 26.9. The van der Waals surface area contributed by atoms with Crippen LogP contribution < -0.4 is 14.9 Å². The third-order valence-corrected chi connectivity index (χ3v) is 5.07. The van der Waals surface area contributed by atoms with Crippen molar-refractivity contribution < 1.29 is 19.1 Å². The molecule has 7 nitrogen and oxygen atoms in total. The molecule has 2 aromatic rings. The summed E-state index contributed by atoms with van der Waals surface area (Å²) >= 11 is 0. The molecule has 0 atom stereocenters. The first-order chi connectivity index (χ1) is 14.6. The van der Waals surface area contributed by atoms with Gasteiger partial charge < -0.3 is 14.4 Å². The van der Waals surface area contributed by atoms with Crippen molar-refractivity contribution in [3.63, 3.8) is 0 Å². The Labute approximate surface area is 176 Å². The number of rotatable bonds is 7. The molecule has 30 heavy (non-hydrogen) atoms. The van der Waals surface area contributed by atoms with Crippen LogP contribution in [0.4, 0.5) is 0 Å². The van der Waals surface area contributed by atoms with Crippen molar-refractivity contribution in [1.82, 2.24) is 10.3 Å². The number of hydrogen-bond acceptors (Lipinski definition) is 5. The van der Waals surface area contributed by atoms with Gasteiger partial charge in [0.25, 0.3) is 5.91 Å². The van der Waals surface area contributed by atoms with Gasteiger partial charge in [0.1, 0.15) is 11.5 Å². The van der Waals surface area contributed by atoms with E-state index in [1.165, 1.54) is 0 Å². The fourth-order valence-corrected chi connectivity index (χ4v) is 3.41. The summed E-state index contributed by atoms with van der Waals surface area (Å²) in [7, 11) is 1.58. The maximum Gasteiger partial charge on any atom is 0.253 e. The molecule has 1 fully saturated rings. The summed E-state index contributed by atoms with van der Waals surface area (Å²) in [6, 6.07) is 14.6. The molecule has 1 heterocycles. The molecular formula is C23H27N3O4. The fraction of sp³-hybridized carbons (Fsp3) is 0.348. The molecule has 2 aromatic carbocycles. The van der Waals surface area contributed by atoms with Gasteiger partial charge in [-0.15, -0.1) is 0 Å². The highest BCUT2D eigenvalue weighted by molar-refractivity contribution is 5.95. The second kappa shape index (κ2) is 10.4. The minimum atomic E-state index is -0.168. The van der Waals surface area contributed by atoms with Crippen LogP contribution in [0.25, 0.3) is 0 Å². The molecule has 158 valence electrons. The van der Waals surface area contributed by atoms with Crippen molar-refractivity contribution in [1.29, 1.82) is 0 Å². The van der Waals surface area contributed by atoms with Gasteiger partial charge in [-0.05, 0) is 50.1 Å². The lowest BCUT2D eigenvalue weighted by molar-refractivity contribution is -0.126. The number of carbonyl (C=O) groups is 2. The van der Waals surface area contributed by atoms with Gasteiger partial charge in [0.2, 0.25) is 5.91 Å². The van der Waals surface area contributed by atoms with E-state index in [1.807, 2.05) is 31.2 Å². The quantitative estimate of drug-likeness (QED) is 0.563. The lowest BCUT2D eigenvalue weighted by Gasteiger charge is -2.31. The smallest absolute Gasteiger partial charge is 0.253 e. The van der Waals surface area contributed by atoms with Crippen molar-refractivity contribution in [3.8, 4) is 11.5 Å². The van der Waals surface area contributed by atoms with E-state index in [4.69, 9.17) is 9.47 Å². The number of benzene rings is 2. The minimum absolute atomic E-state index is 0.0432. The Morgan fingerprint density at radius 3 is 2.67 bits per heavy atom. The van der Waals surface area contributed by atoms with E-state index < -0.39 is 0 Å². The normalized spacial score (nSPS) is 14.5. The number of amides is 2. The molecule has 1 N–H and O–H groups in total. The maximum absolute atomic E-state index is 12.7. The number of carbonyl (C=O) groups excluding carboxylic acids is 2. The van der Waals surface area contributed by atoms with Gasteiger partial charge in [-0.1, -0.05) is 18.2 Å². The van der Waals surface area contributed by atoms with Crippen LogP contribution in [0, 0.1) is 5.92 Å². The van der Waals surface area contributed by atoms with E-state index in [0.717, 1.165) is 11.3 Å². The van der Waals surface area contributed by atoms with Gasteiger partial charge in [-0.25, -0.2) is 5.43 Å². The van der Waals surface area contributed by atoms with Crippen LogP contribution >= 0.6 is 0 Å². The molecule has 7 heteroatoms.